The first kappa shape index (κ1) is 20.6. The molecule has 0 heterocycles. The van der Waals surface area contributed by atoms with E-state index in [0.717, 1.165) is 27.9 Å². The van der Waals surface area contributed by atoms with Crippen LogP contribution in [0.25, 0.3) is 0 Å². The fourth-order valence-electron chi connectivity index (χ4n) is 3.09. The second kappa shape index (κ2) is 9.28. The number of carbonyl (C=O) groups excluding carboxylic acids is 1. The van der Waals surface area contributed by atoms with Crippen molar-refractivity contribution in [3.63, 3.8) is 0 Å². The number of anilines is 1. The highest BCUT2D eigenvalue weighted by molar-refractivity contribution is 5.79. The van der Waals surface area contributed by atoms with Gasteiger partial charge in [-0.25, -0.2) is 4.79 Å². The Morgan fingerprint density at radius 3 is 2.22 bits per heavy atom. The highest BCUT2D eigenvalue weighted by Gasteiger charge is 2.24. The highest BCUT2D eigenvalue weighted by Crippen LogP contribution is 2.20. The lowest BCUT2D eigenvalue weighted by molar-refractivity contribution is -0.146. The number of nitrogens with one attached hydrogen (secondary N) is 1. The van der Waals surface area contributed by atoms with Crippen LogP contribution in [-0.2, 0) is 22.6 Å². The zero-order valence-corrected chi connectivity index (χ0v) is 16.9. The normalized spacial score (nSPS) is 11.7. The molecule has 3 nitrogen and oxygen atoms in total. The summed E-state index contributed by atoms with van der Waals surface area (Å²) in [7, 11) is 0. The third-order valence-electron chi connectivity index (χ3n) is 4.72. The topological polar surface area (TPSA) is 38.3 Å². The van der Waals surface area contributed by atoms with E-state index in [4.69, 9.17) is 11.2 Å². The monoisotopic (exact) mass is 363 g/mol. The van der Waals surface area contributed by atoms with Crippen molar-refractivity contribution in [2.75, 3.05) is 5.32 Å². The number of hydrogen-bond acceptors (Lipinski definition) is 3. The van der Waals surface area contributed by atoms with Crippen molar-refractivity contribution in [3.8, 4) is 12.3 Å². The van der Waals surface area contributed by atoms with Crippen LogP contribution in [0.3, 0.4) is 0 Å². The average Bonchev–Trinajstić information content (AvgIpc) is 2.60. The van der Waals surface area contributed by atoms with E-state index in [1.165, 1.54) is 5.56 Å². The van der Waals surface area contributed by atoms with E-state index < -0.39 is 6.04 Å². The maximum atomic E-state index is 12.7. The summed E-state index contributed by atoms with van der Waals surface area (Å²) < 4.78 is 5.67. The van der Waals surface area contributed by atoms with Crippen LogP contribution in [0.15, 0.2) is 36.4 Å². The van der Waals surface area contributed by atoms with Gasteiger partial charge >= 0.3 is 5.97 Å². The predicted molar refractivity (Wildman–Crippen MR) is 112 cm³/mol. The summed E-state index contributed by atoms with van der Waals surface area (Å²) in [6.45, 7) is 10.4. The molecule has 2 aromatic carbocycles. The Morgan fingerprint density at radius 2 is 1.70 bits per heavy atom. The molecule has 2 aromatic rings. The maximum absolute atomic E-state index is 12.7. The number of rotatable bonds is 7. The van der Waals surface area contributed by atoms with Gasteiger partial charge < -0.3 is 10.1 Å². The predicted octanol–water partition coefficient (Wildman–Crippen LogP) is 4.97. The molecule has 0 aliphatic carbocycles. The molecular weight excluding hydrogens is 334 g/mol. The molecule has 0 aliphatic heterocycles. The number of terminal acetylenes is 1. The van der Waals surface area contributed by atoms with Crippen LogP contribution in [-0.4, -0.2) is 12.0 Å². The van der Waals surface area contributed by atoms with E-state index in [1.807, 2.05) is 58.9 Å². The van der Waals surface area contributed by atoms with E-state index in [0.29, 0.717) is 6.42 Å². The van der Waals surface area contributed by atoms with E-state index in [2.05, 4.69) is 23.4 Å². The number of ether oxygens (including phenoxy) is 1. The van der Waals surface area contributed by atoms with Crippen LogP contribution in [0.1, 0.15) is 41.7 Å². The standard InChI is InChI=1S/C24H29NO2/c1-7-8-20-13-18(5)22(19(6)14-20)15-27-24(26)23(16(2)3)25-21-11-9-17(4)10-12-21/h1,9-14,16,23,25H,8,15H2,2-6H3/t23-/m0/s1. The van der Waals surface area contributed by atoms with E-state index in [9.17, 15) is 4.79 Å². The largest absolute Gasteiger partial charge is 0.459 e. The van der Waals surface area contributed by atoms with Crippen molar-refractivity contribution in [2.24, 2.45) is 5.92 Å². The molecule has 1 N–H and O–H groups in total. The Bertz CT molecular complexity index is 805. The molecule has 0 aliphatic rings. The first-order valence-corrected chi connectivity index (χ1v) is 9.34. The summed E-state index contributed by atoms with van der Waals surface area (Å²) in [6.07, 6.45) is 6.01. The fourth-order valence-corrected chi connectivity index (χ4v) is 3.09. The molecule has 0 fully saturated rings. The summed E-state index contributed by atoms with van der Waals surface area (Å²) in [5.41, 5.74) is 6.46. The van der Waals surface area contributed by atoms with Gasteiger partial charge in [0.1, 0.15) is 12.6 Å². The van der Waals surface area contributed by atoms with Gasteiger partial charge in [-0.1, -0.05) is 43.7 Å². The zero-order valence-electron chi connectivity index (χ0n) is 16.9. The van der Waals surface area contributed by atoms with E-state index >= 15 is 0 Å². The van der Waals surface area contributed by atoms with Gasteiger partial charge in [0.25, 0.3) is 0 Å². The number of aryl methyl sites for hydroxylation is 3. The summed E-state index contributed by atoms with van der Waals surface area (Å²) in [4.78, 5) is 12.7. The van der Waals surface area contributed by atoms with Gasteiger partial charge in [0, 0.05) is 12.1 Å². The van der Waals surface area contributed by atoms with Crippen LogP contribution in [0.2, 0.25) is 0 Å². The van der Waals surface area contributed by atoms with Crippen LogP contribution in [0.4, 0.5) is 5.69 Å². The minimum atomic E-state index is -0.394. The molecular formula is C24H29NO2. The maximum Gasteiger partial charge on any atom is 0.329 e. The molecule has 0 radical (unpaired) electrons. The highest BCUT2D eigenvalue weighted by atomic mass is 16.5. The minimum absolute atomic E-state index is 0.110. The molecule has 1 atom stereocenters. The summed E-state index contributed by atoms with van der Waals surface area (Å²) >= 11 is 0. The zero-order chi connectivity index (χ0) is 20.0. The molecule has 0 saturated heterocycles. The molecule has 27 heavy (non-hydrogen) atoms. The van der Waals surface area contributed by atoms with Crippen LogP contribution in [0, 0.1) is 39.0 Å². The third kappa shape index (κ3) is 5.62. The molecule has 3 heteroatoms. The summed E-state index contributed by atoms with van der Waals surface area (Å²) in [6, 6.07) is 11.8. The Labute approximate surface area is 163 Å². The Hall–Kier alpha value is -2.73. The van der Waals surface area contributed by atoms with E-state index in [1.54, 1.807) is 0 Å². The SMILES string of the molecule is C#CCc1cc(C)c(COC(=O)[C@@H](Nc2ccc(C)cc2)C(C)C)c(C)c1. The number of esters is 1. The van der Waals surface area contributed by atoms with Crippen LogP contribution in [0.5, 0.6) is 0 Å². The lowest BCUT2D eigenvalue weighted by Crippen LogP contribution is -2.36. The first-order chi connectivity index (χ1) is 12.8. The second-order valence-electron chi connectivity index (χ2n) is 7.43. The van der Waals surface area contributed by atoms with Gasteiger partial charge in [-0.2, -0.15) is 0 Å². The molecule has 0 spiro atoms. The lowest BCUT2D eigenvalue weighted by Gasteiger charge is -2.22. The van der Waals surface area contributed by atoms with Gasteiger partial charge in [-0.15, -0.1) is 12.3 Å². The number of carbonyl (C=O) groups is 1. The molecule has 2 rings (SSSR count). The van der Waals surface area contributed by atoms with Crippen molar-refractivity contribution in [2.45, 2.75) is 53.7 Å². The number of hydrogen-bond donors (Lipinski definition) is 1. The molecule has 142 valence electrons. The molecule has 0 aromatic heterocycles. The van der Waals surface area contributed by atoms with Crippen molar-refractivity contribution in [1.29, 1.82) is 0 Å². The van der Waals surface area contributed by atoms with Gasteiger partial charge in [0.15, 0.2) is 0 Å². The van der Waals surface area contributed by atoms with Gasteiger partial charge in [-0.05, 0) is 61.1 Å². The quantitative estimate of drug-likeness (QED) is 0.558. The fraction of sp³-hybridized carbons (Fsp3) is 0.375. The van der Waals surface area contributed by atoms with Crippen molar-refractivity contribution < 1.29 is 9.53 Å². The van der Waals surface area contributed by atoms with Crippen molar-refractivity contribution in [1.82, 2.24) is 0 Å². The molecule has 0 amide bonds. The molecule has 0 saturated carbocycles. The minimum Gasteiger partial charge on any atom is -0.459 e. The smallest absolute Gasteiger partial charge is 0.329 e. The second-order valence-corrected chi connectivity index (χ2v) is 7.43. The summed E-state index contributed by atoms with van der Waals surface area (Å²) in [5, 5.41) is 3.30. The van der Waals surface area contributed by atoms with Gasteiger partial charge in [0.05, 0.1) is 0 Å². The van der Waals surface area contributed by atoms with Crippen molar-refractivity contribution >= 4 is 11.7 Å². The third-order valence-corrected chi connectivity index (χ3v) is 4.72. The Balaban J connectivity index is 2.08. The van der Waals surface area contributed by atoms with Crippen molar-refractivity contribution in [3.05, 3.63) is 64.2 Å². The number of benzene rings is 2. The molecule has 0 bridgehead atoms. The van der Waals surface area contributed by atoms with E-state index in [-0.39, 0.29) is 18.5 Å². The molecule has 0 unspecified atom stereocenters. The summed E-state index contributed by atoms with van der Waals surface area (Å²) in [5.74, 6) is 2.54. The van der Waals surface area contributed by atoms with Crippen LogP contribution < -0.4 is 5.32 Å². The Kier molecular flexibility index (Phi) is 7.07. The van der Waals surface area contributed by atoms with Gasteiger partial charge in [0.2, 0.25) is 0 Å². The van der Waals surface area contributed by atoms with Crippen LogP contribution >= 0.6 is 0 Å². The van der Waals surface area contributed by atoms with Gasteiger partial charge in [-0.3, -0.25) is 0 Å². The average molecular weight is 364 g/mol. The first-order valence-electron chi connectivity index (χ1n) is 9.34. The lowest BCUT2D eigenvalue weighted by atomic mass is 9.98. The Morgan fingerprint density at radius 1 is 1.11 bits per heavy atom.